The quantitative estimate of drug-likeness (QED) is 0.0965. The molecule has 0 heterocycles. The van der Waals surface area contributed by atoms with E-state index in [0.717, 1.165) is 0 Å². The van der Waals surface area contributed by atoms with Gasteiger partial charge in [0.15, 0.2) is 0 Å². The smallest absolute Gasteiger partial charge is 0.00987 e. The molecule has 0 N–H and O–H groups in total. The van der Waals surface area contributed by atoms with E-state index in [1.807, 2.05) is 0 Å². The maximum atomic E-state index is 2.45. The van der Waals surface area contributed by atoms with Crippen molar-refractivity contribution in [3.05, 3.63) is 213 Å². The molecule has 0 aliphatic carbocycles. The molecule has 0 unspecified atom stereocenters. The van der Waals surface area contributed by atoms with Crippen LogP contribution in [0.15, 0.2) is 158 Å². The van der Waals surface area contributed by atoms with Crippen molar-refractivity contribution in [1.82, 2.24) is 0 Å². The van der Waals surface area contributed by atoms with E-state index in [9.17, 15) is 0 Å². The van der Waals surface area contributed by atoms with Gasteiger partial charge in [-0.05, 0) is 229 Å². The van der Waals surface area contributed by atoms with Crippen molar-refractivity contribution in [3.8, 4) is 55.6 Å². The van der Waals surface area contributed by atoms with Gasteiger partial charge in [-0.25, -0.2) is 0 Å². The maximum absolute atomic E-state index is 2.45. The van der Waals surface area contributed by atoms with Gasteiger partial charge in [-0.2, -0.15) is 0 Å². The Labute approximate surface area is 397 Å². The summed E-state index contributed by atoms with van der Waals surface area (Å²) < 4.78 is 0. The fourth-order valence-corrected chi connectivity index (χ4v) is 9.08. The highest BCUT2D eigenvalue weighted by Gasteiger charge is 2.21. The van der Waals surface area contributed by atoms with Gasteiger partial charge < -0.3 is 0 Å². The average Bonchev–Trinajstić information content (AvgIpc) is 3.31. The van der Waals surface area contributed by atoms with Gasteiger partial charge in [0.2, 0.25) is 0 Å². The summed E-state index contributed by atoms with van der Waals surface area (Å²) in [7, 11) is 0. The van der Waals surface area contributed by atoms with Crippen LogP contribution in [0.25, 0.3) is 116 Å². The van der Waals surface area contributed by atoms with E-state index in [-0.39, 0.29) is 0 Å². The molecule has 6 aromatic carbocycles. The van der Waals surface area contributed by atoms with Gasteiger partial charge in [0, 0.05) is 0 Å². The molecule has 0 heteroatoms. The van der Waals surface area contributed by atoms with Crippen LogP contribution < -0.4 is 0 Å². The summed E-state index contributed by atoms with van der Waals surface area (Å²) in [5.74, 6) is 0. The molecule has 0 saturated carbocycles. The summed E-state index contributed by atoms with van der Waals surface area (Å²) in [4.78, 5) is 0. The molecule has 0 aliphatic rings. The largest absolute Gasteiger partial charge is 0.0870 e. The standard InChI is InChI=1S/C66H66/c1-11-25-47-35-21-23-37-57(47)59-43-61(51(29-15-5)39-49(59)27-13-3)63-45-65(55(33-19-9)41-53(63)31-17-7)66-46-64(54(32-18-8)42-56(66)34-20-10)62-44-60(50(28-14-4)40-52(62)30-16-6)58-38-24-22-36-48(58)26-12-2/h11-46H,1-10H3/b25-11+,26-12+,27-13+,28-14+,29-15+,30-16+,31-17+,32-18+,33-19+,34-20+. The van der Waals surface area contributed by atoms with Crippen molar-refractivity contribution in [2.24, 2.45) is 0 Å². The van der Waals surface area contributed by atoms with Crippen LogP contribution in [-0.4, -0.2) is 0 Å². The molecule has 6 rings (SSSR count). The van der Waals surface area contributed by atoms with Crippen LogP contribution in [0.4, 0.5) is 0 Å². The van der Waals surface area contributed by atoms with Gasteiger partial charge in [-0.1, -0.05) is 170 Å². The number of hydrogen-bond acceptors (Lipinski definition) is 0. The van der Waals surface area contributed by atoms with Crippen LogP contribution in [0.3, 0.4) is 0 Å². The van der Waals surface area contributed by atoms with E-state index in [0.29, 0.717) is 0 Å². The molecule has 0 atom stereocenters. The normalized spacial score (nSPS) is 12.7. The molecule has 0 saturated heterocycles. The lowest BCUT2D eigenvalue weighted by Crippen LogP contribution is -1.98. The molecule has 0 nitrogen and oxygen atoms in total. The lowest BCUT2D eigenvalue weighted by atomic mass is 9.82. The minimum atomic E-state index is 1.17. The summed E-state index contributed by atoms with van der Waals surface area (Å²) in [6.07, 6.45) is 43.9. The van der Waals surface area contributed by atoms with E-state index >= 15 is 0 Å². The van der Waals surface area contributed by atoms with E-state index in [2.05, 4.69) is 288 Å². The molecule has 0 fully saturated rings. The summed E-state index contributed by atoms with van der Waals surface area (Å²) in [6, 6.07) is 36.7. The summed E-state index contributed by atoms with van der Waals surface area (Å²) in [5.41, 5.74) is 23.7. The number of rotatable bonds is 15. The van der Waals surface area contributed by atoms with Crippen LogP contribution in [0.2, 0.25) is 0 Å². The zero-order chi connectivity index (χ0) is 47.0. The fraction of sp³-hybridized carbons (Fsp3) is 0.152. The average molecular weight is 859 g/mol. The molecule has 66 heavy (non-hydrogen) atoms. The van der Waals surface area contributed by atoms with Crippen molar-refractivity contribution < 1.29 is 0 Å². The summed E-state index contributed by atoms with van der Waals surface area (Å²) >= 11 is 0. The minimum absolute atomic E-state index is 1.17. The molecule has 6 aromatic rings. The highest BCUT2D eigenvalue weighted by molar-refractivity contribution is 5.98. The first-order valence-corrected chi connectivity index (χ1v) is 23.5. The molecular formula is C66H66. The Morgan fingerprint density at radius 2 is 0.348 bits per heavy atom. The van der Waals surface area contributed by atoms with Crippen molar-refractivity contribution >= 4 is 60.8 Å². The van der Waals surface area contributed by atoms with Gasteiger partial charge in [-0.15, -0.1) is 0 Å². The second kappa shape index (κ2) is 23.6. The lowest BCUT2D eigenvalue weighted by Gasteiger charge is -2.22. The molecule has 0 amide bonds. The Morgan fingerprint density at radius 1 is 0.182 bits per heavy atom. The van der Waals surface area contributed by atoms with Crippen LogP contribution in [-0.2, 0) is 0 Å². The van der Waals surface area contributed by atoms with Crippen LogP contribution in [0.1, 0.15) is 125 Å². The van der Waals surface area contributed by atoms with Crippen LogP contribution in [0, 0.1) is 0 Å². The third-order valence-corrected chi connectivity index (χ3v) is 11.7. The van der Waals surface area contributed by atoms with Gasteiger partial charge in [0.25, 0.3) is 0 Å². The first-order valence-electron chi connectivity index (χ1n) is 23.5. The molecule has 330 valence electrons. The van der Waals surface area contributed by atoms with Crippen molar-refractivity contribution in [2.75, 3.05) is 0 Å². The van der Waals surface area contributed by atoms with E-state index in [4.69, 9.17) is 0 Å². The van der Waals surface area contributed by atoms with E-state index in [1.165, 1.54) is 111 Å². The number of allylic oxidation sites excluding steroid dienone is 10. The van der Waals surface area contributed by atoms with E-state index in [1.54, 1.807) is 0 Å². The van der Waals surface area contributed by atoms with Crippen molar-refractivity contribution in [3.63, 3.8) is 0 Å². The van der Waals surface area contributed by atoms with Gasteiger partial charge in [0.1, 0.15) is 0 Å². The molecule has 0 bridgehead atoms. The second-order valence-electron chi connectivity index (χ2n) is 16.3. The monoisotopic (exact) mass is 859 g/mol. The number of hydrogen-bond donors (Lipinski definition) is 0. The van der Waals surface area contributed by atoms with Crippen molar-refractivity contribution in [1.29, 1.82) is 0 Å². The molecular weight excluding hydrogens is 793 g/mol. The highest BCUT2D eigenvalue weighted by Crippen LogP contribution is 2.45. The molecule has 0 radical (unpaired) electrons. The highest BCUT2D eigenvalue weighted by atomic mass is 14.2. The van der Waals surface area contributed by atoms with Gasteiger partial charge >= 0.3 is 0 Å². The third kappa shape index (κ3) is 10.6. The topological polar surface area (TPSA) is 0 Å². The first-order chi connectivity index (χ1) is 32.3. The summed E-state index contributed by atoms with van der Waals surface area (Å²) in [5, 5.41) is 0. The zero-order valence-electron chi connectivity index (χ0n) is 40.8. The zero-order valence-corrected chi connectivity index (χ0v) is 40.8. The minimum Gasteiger partial charge on any atom is -0.0870 e. The Kier molecular flexibility index (Phi) is 17.2. The van der Waals surface area contributed by atoms with Crippen LogP contribution in [0.5, 0.6) is 0 Å². The Hall–Kier alpha value is -7.28. The van der Waals surface area contributed by atoms with E-state index < -0.39 is 0 Å². The summed E-state index contributed by atoms with van der Waals surface area (Å²) in [6.45, 7) is 21.0. The maximum Gasteiger partial charge on any atom is -0.00987 e. The van der Waals surface area contributed by atoms with Crippen molar-refractivity contribution in [2.45, 2.75) is 69.2 Å². The predicted octanol–water partition coefficient (Wildman–Crippen LogP) is 20.4. The molecule has 0 spiro atoms. The second-order valence-corrected chi connectivity index (χ2v) is 16.3. The third-order valence-electron chi connectivity index (χ3n) is 11.7. The Bertz CT molecular complexity index is 2780. The van der Waals surface area contributed by atoms with Gasteiger partial charge in [-0.3, -0.25) is 0 Å². The molecule has 0 aliphatic heterocycles. The Morgan fingerprint density at radius 3 is 0.545 bits per heavy atom. The first kappa shape index (κ1) is 48.2. The fourth-order valence-electron chi connectivity index (χ4n) is 9.08. The van der Waals surface area contributed by atoms with Gasteiger partial charge in [0.05, 0.1) is 0 Å². The number of benzene rings is 6. The lowest BCUT2D eigenvalue weighted by molar-refractivity contribution is 1.48. The van der Waals surface area contributed by atoms with Crippen LogP contribution >= 0.6 is 0 Å². The SMILES string of the molecule is C/C=C/c1ccccc1-c1cc(-c2cc(-c3cc(-c4cc(-c5ccccc5/C=C/C)c(/C=C/C)cc4/C=C/C)c(/C=C/C)cc3/C=C/C)c(/C=C/C)cc2/C=C/C)c(/C=C/C)cc1/C=C/C. The molecule has 0 aromatic heterocycles. The predicted molar refractivity (Wildman–Crippen MR) is 301 cm³/mol. The Balaban J connectivity index is 1.78.